The molecule has 0 radical (unpaired) electrons. The molecule has 0 amide bonds. The molecule has 3 heteroatoms. The lowest BCUT2D eigenvalue weighted by molar-refractivity contribution is 0.420. The molecule has 0 bridgehead atoms. The van der Waals surface area contributed by atoms with E-state index in [1.165, 1.54) is 0 Å². The zero-order valence-corrected chi connectivity index (χ0v) is 8.13. The van der Waals surface area contributed by atoms with Gasteiger partial charge in [-0.2, -0.15) is 0 Å². The second-order valence-electron chi connectivity index (χ2n) is 3.20. The van der Waals surface area contributed by atoms with E-state index in [1.807, 2.05) is 25.1 Å². The lowest BCUT2D eigenvalue weighted by atomic mass is 10.1. The van der Waals surface area contributed by atoms with Gasteiger partial charge in [0.05, 0.1) is 12.5 Å². The number of aryl methyl sites for hydroxylation is 1. The first-order valence-corrected chi connectivity index (χ1v) is 4.39. The molecular formula is C11H11NO2. The fourth-order valence-electron chi connectivity index (χ4n) is 1.57. The Labute approximate surface area is 81.3 Å². The van der Waals surface area contributed by atoms with Crippen molar-refractivity contribution in [1.29, 1.82) is 0 Å². The van der Waals surface area contributed by atoms with Gasteiger partial charge in [-0.15, -0.1) is 0 Å². The number of H-pyrrole nitrogens is 1. The van der Waals surface area contributed by atoms with Crippen LogP contribution in [0.1, 0.15) is 5.69 Å². The maximum absolute atomic E-state index is 11.6. The number of pyridine rings is 1. The molecule has 0 fully saturated rings. The Morgan fingerprint density at radius 3 is 2.79 bits per heavy atom. The number of aromatic nitrogens is 1. The molecule has 1 aromatic carbocycles. The Bertz CT molecular complexity index is 528. The number of benzene rings is 1. The van der Waals surface area contributed by atoms with E-state index in [0.29, 0.717) is 5.39 Å². The summed E-state index contributed by atoms with van der Waals surface area (Å²) >= 11 is 0. The van der Waals surface area contributed by atoms with Crippen molar-refractivity contribution in [2.24, 2.45) is 0 Å². The standard InChI is InChI=1S/C11H11NO2/c1-7-6-9-8(11(13)12-7)4-3-5-10(9)14-2/h3-6H,1-2H3,(H,12,13). The highest BCUT2D eigenvalue weighted by atomic mass is 16.5. The van der Waals surface area contributed by atoms with Crippen molar-refractivity contribution in [3.8, 4) is 5.75 Å². The molecule has 1 heterocycles. The first-order chi connectivity index (χ1) is 6.72. The van der Waals surface area contributed by atoms with E-state index < -0.39 is 0 Å². The Morgan fingerprint density at radius 1 is 1.29 bits per heavy atom. The van der Waals surface area contributed by atoms with Crippen molar-refractivity contribution in [2.75, 3.05) is 7.11 Å². The highest BCUT2D eigenvalue weighted by molar-refractivity contribution is 5.87. The fraction of sp³-hybridized carbons (Fsp3) is 0.182. The zero-order chi connectivity index (χ0) is 10.1. The maximum Gasteiger partial charge on any atom is 0.256 e. The van der Waals surface area contributed by atoms with Gasteiger partial charge in [0.15, 0.2) is 0 Å². The van der Waals surface area contributed by atoms with Gasteiger partial charge in [-0.25, -0.2) is 0 Å². The molecular weight excluding hydrogens is 178 g/mol. The smallest absolute Gasteiger partial charge is 0.256 e. The van der Waals surface area contributed by atoms with Crippen LogP contribution >= 0.6 is 0 Å². The number of aromatic amines is 1. The molecule has 1 N–H and O–H groups in total. The monoisotopic (exact) mass is 189 g/mol. The van der Waals surface area contributed by atoms with Gasteiger partial charge in [0.1, 0.15) is 5.75 Å². The molecule has 0 unspecified atom stereocenters. The van der Waals surface area contributed by atoms with Crippen molar-refractivity contribution < 1.29 is 4.74 Å². The summed E-state index contributed by atoms with van der Waals surface area (Å²) in [7, 11) is 1.60. The van der Waals surface area contributed by atoms with Crippen molar-refractivity contribution in [3.63, 3.8) is 0 Å². The summed E-state index contributed by atoms with van der Waals surface area (Å²) in [4.78, 5) is 14.3. The zero-order valence-electron chi connectivity index (χ0n) is 8.13. The third-order valence-electron chi connectivity index (χ3n) is 2.20. The summed E-state index contributed by atoms with van der Waals surface area (Å²) in [5.74, 6) is 0.733. The third kappa shape index (κ3) is 1.27. The van der Waals surface area contributed by atoms with Crippen LogP contribution < -0.4 is 10.3 Å². The van der Waals surface area contributed by atoms with E-state index in [4.69, 9.17) is 4.74 Å². The molecule has 0 aliphatic carbocycles. The number of hydrogen-bond acceptors (Lipinski definition) is 2. The highest BCUT2D eigenvalue weighted by Gasteiger charge is 2.03. The molecule has 0 aliphatic heterocycles. The van der Waals surface area contributed by atoms with Crippen molar-refractivity contribution in [3.05, 3.63) is 40.3 Å². The molecule has 1 aromatic heterocycles. The first kappa shape index (κ1) is 8.81. The Balaban J connectivity index is 2.94. The van der Waals surface area contributed by atoms with Gasteiger partial charge >= 0.3 is 0 Å². The summed E-state index contributed by atoms with van der Waals surface area (Å²) in [5.41, 5.74) is 0.769. The van der Waals surface area contributed by atoms with E-state index in [0.717, 1.165) is 16.8 Å². The minimum Gasteiger partial charge on any atom is -0.496 e. The number of fused-ring (bicyclic) bond motifs is 1. The summed E-state index contributed by atoms with van der Waals surface area (Å²) in [6.07, 6.45) is 0. The first-order valence-electron chi connectivity index (χ1n) is 4.39. The quantitative estimate of drug-likeness (QED) is 0.743. The average Bonchev–Trinajstić information content (AvgIpc) is 2.17. The van der Waals surface area contributed by atoms with Crippen LogP contribution in [0.3, 0.4) is 0 Å². The number of methoxy groups -OCH3 is 1. The number of rotatable bonds is 1. The molecule has 3 nitrogen and oxygen atoms in total. The predicted octanol–water partition coefficient (Wildman–Crippen LogP) is 1.85. The third-order valence-corrected chi connectivity index (χ3v) is 2.20. The summed E-state index contributed by atoms with van der Waals surface area (Å²) in [6.45, 7) is 1.85. The van der Waals surface area contributed by atoms with E-state index in [1.54, 1.807) is 13.2 Å². The van der Waals surface area contributed by atoms with Gasteiger partial charge < -0.3 is 9.72 Å². The van der Waals surface area contributed by atoms with Crippen molar-refractivity contribution >= 4 is 10.8 Å². The van der Waals surface area contributed by atoms with E-state index in [-0.39, 0.29) is 5.56 Å². The lowest BCUT2D eigenvalue weighted by Crippen LogP contribution is -2.07. The second-order valence-corrected chi connectivity index (χ2v) is 3.20. The van der Waals surface area contributed by atoms with Gasteiger partial charge in [-0.05, 0) is 25.1 Å². The molecule has 0 atom stereocenters. The summed E-state index contributed by atoms with van der Waals surface area (Å²) < 4.78 is 5.18. The van der Waals surface area contributed by atoms with Crippen LogP contribution in [-0.4, -0.2) is 12.1 Å². The predicted molar refractivity (Wildman–Crippen MR) is 55.9 cm³/mol. The van der Waals surface area contributed by atoms with Crippen LogP contribution in [0.15, 0.2) is 29.1 Å². The Morgan fingerprint density at radius 2 is 2.07 bits per heavy atom. The van der Waals surface area contributed by atoms with Crippen LogP contribution in [-0.2, 0) is 0 Å². The van der Waals surface area contributed by atoms with Gasteiger partial charge in [0, 0.05) is 11.1 Å². The number of hydrogen-bond donors (Lipinski definition) is 1. The van der Waals surface area contributed by atoms with Gasteiger partial charge in [-0.1, -0.05) is 6.07 Å². The van der Waals surface area contributed by atoms with Gasteiger partial charge in [0.25, 0.3) is 5.56 Å². The minimum atomic E-state index is -0.0705. The normalized spacial score (nSPS) is 10.4. The minimum absolute atomic E-state index is 0.0705. The highest BCUT2D eigenvalue weighted by Crippen LogP contribution is 2.22. The second kappa shape index (κ2) is 3.18. The summed E-state index contributed by atoms with van der Waals surface area (Å²) in [6, 6.07) is 7.36. The largest absolute Gasteiger partial charge is 0.496 e. The fourth-order valence-corrected chi connectivity index (χ4v) is 1.57. The lowest BCUT2D eigenvalue weighted by Gasteiger charge is -2.04. The van der Waals surface area contributed by atoms with Crippen LogP contribution in [0.25, 0.3) is 10.8 Å². The Hall–Kier alpha value is -1.77. The van der Waals surface area contributed by atoms with Crippen molar-refractivity contribution in [1.82, 2.24) is 4.98 Å². The molecule has 0 saturated heterocycles. The van der Waals surface area contributed by atoms with E-state index in [2.05, 4.69) is 4.98 Å². The van der Waals surface area contributed by atoms with Crippen LogP contribution in [0.2, 0.25) is 0 Å². The molecule has 0 spiro atoms. The SMILES string of the molecule is COc1cccc2c(=O)[nH]c(C)cc12. The molecule has 72 valence electrons. The molecule has 0 saturated carbocycles. The molecule has 14 heavy (non-hydrogen) atoms. The number of nitrogens with one attached hydrogen (secondary N) is 1. The number of ether oxygens (including phenoxy) is 1. The van der Waals surface area contributed by atoms with Gasteiger partial charge in [-0.3, -0.25) is 4.79 Å². The van der Waals surface area contributed by atoms with E-state index >= 15 is 0 Å². The van der Waals surface area contributed by atoms with Crippen molar-refractivity contribution in [2.45, 2.75) is 6.92 Å². The molecule has 0 aliphatic rings. The Kier molecular flexibility index (Phi) is 2.00. The molecule has 2 rings (SSSR count). The average molecular weight is 189 g/mol. The van der Waals surface area contributed by atoms with Crippen LogP contribution in [0.5, 0.6) is 5.75 Å². The van der Waals surface area contributed by atoms with Crippen LogP contribution in [0.4, 0.5) is 0 Å². The van der Waals surface area contributed by atoms with Crippen LogP contribution in [0, 0.1) is 6.92 Å². The van der Waals surface area contributed by atoms with Gasteiger partial charge in [0.2, 0.25) is 0 Å². The summed E-state index contributed by atoms with van der Waals surface area (Å²) in [5, 5.41) is 1.52. The maximum atomic E-state index is 11.6. The molecule has 2 aromatic rings. The topological polar surface area (TPSA) is 42.1 Å². The van der Waals surface area contributed by atoms with E-state index in [9.17, 15) is 4.79 Å².